The van der Waals surface area contributed by atoms with Gasteiger partial charge in [0.15, 0.2) is 6.29 Å². The predicted octanol–water partition coefficient (Wildman–Crippen LogP) is 2.48. The smallest absolute Gasteiger partial charge is 0.335 e. The molecule has 106 valence electrons. The SMILES string of the molecule is O=Cc1cc(-c2cc(C(=O)O)cc([N+](=O)[O-])c2)ccc1O. The highest BCUT2D eigenvalue weighted by atomic mass is 16.6. The van der Waals surface area contributed by atoms with Crippen LogP contribution in [0.25, 0.3) is 11.1 Å². The van der Waals surface area contributed by atoms with Crippen molar-refractivity contribution in [1.82, 2.24) is 0 Å². The molecule has 21 heavy (non-hydrogen) atoms. The van der Waals surface area contributed by atoms with Crippen molar-refractivity contribution in [3.8, 4) is 16.9 Å². The van der Waals surface area contributed by atoms with Crippen molar-refractivity contribution in [2.24, 2.45) is 0 Å². The van der Waals surface area contributed by atoms with E-state index in [-0.39, 0.29) is 28.1 Å². The molecule has 2 N–H and O–H groups in total. The van der Waals surface area contributed by atoms with Crippen LogP contribution in [0.3, 0.4) is 0 Å². The highest BCUT2D eigenvalue weighted by Gasteiger charge is 2.15. The van der Waals surface area contributed by atoms with Gasteiger partial charge in [0.1, 0.15) is 5.75 Å². The summed E-state index contributed by atoms with van der Waals surface area (Å²) < 4.78 is 0. The van der Waals surface area contributed by atoms with Crippen LogP contribution < -0.4 is 0 Å². The summed E-state index contributed by atoms with van der Waals surface area (Å²) in [6.45, 7) is 0. The lowest BCUT2D eigenvalue weighted by Crippen LogP contribution is -1.99. The summed E-state index contributed by atoms with van der Waals surface area (Å²) >= 11 is 0. The van der Waals surface area contributed by atoms with Crippen molar-refractivity contribution in [2.75, 3.05) is 0 Å². The van der Waals surface area contributed by atoms with Crippen molar-refractivity contribution >= 4 is 17.9 Å². The van der Waals surface area contributed by atoms with E-state index in [0.29, 0.717) is 11.8 Å². The Bertz CT molecular complexity index is 721. The zero-order valence-electron chi connectivity index (χ0n) is 10.5. The minimum Gasteiger partial charge on any atom is -0.507 e. The molecule has 0 amide bonds. The molecule has 0 atom stereocenters. The molecule has 0 bridgehead atoms. The summed E-state index contributed by atoms with van der Waals surface area (Å²) in [6, 6.07) is 7.44. The third-order valence-corrected chi connectivity index (χ3v) is 2.86. The quantitative estimate of drug-likeness (QED) is 0.506. The number of phenolic OH excluding ortho intramolecular Hbond substituents is 1. The Kier molecular flexibility index (Phi) is 3.66. The number of benzene rings is 2. The van der Waals surface area contributed by atoms with Crippen LogP contribution in [-0.4, -0.2) is 27.4 Å². The third kappa shape index (κ3) is 2.86. The number of non-ortho nitro benzene ring substituents is 1. The van der Waals surface area contributed by atoms with Gasteiger partial charge in [0, 0.05) is 12.1 Å². The Morgan fingerprint density at radius 3 is 2.43 bits per heavy atom. The number of phenols is 1. The first-order valence-corrected chi connectivity index (χ1v) is 5.73. The summed E-state index contributed by atoms with van der Waals surface area (Å²) in [7, 11) is 0. The Labute approximate surface area is 118 Å². The Morgan fingerprint density at radius 1 is 1.14 bits per heavy atom. The number of aromatic carboxylic acids is 1. The van der Waals surface area contributed by atoms with E-state index in [1.165, 1.54) is 30.3 Å². The maximum atomic E-state index is 11.0. The van der Waals surface area contributed by atoms with Crippen LogP contribution >= 0.6 is 0 Å². The average Bonchev–Trinajstić information content (AvgIpc) is 2.47. The van der Waals surface area contributed by atoms with Crippen LogP contribution in [0, 0.1) is 10.1 Å². The van der Waals surface area contributed by atoms with Gasteiger partial charge in [0.25, 0.3) is 5.69 Å². The van der Waals surface area contributed by atoms with Crippen LogP contribution in [0.4, 0.5) is 5.69 Å². The molecular weight excluding hydrogens is 278 g/mol. The molecule has 0 aliphatic carbocycles. The lowest BCUT2D eigenvalue weighted by molar-refractivity contribution is -0.384. The summed E-state index contributed by atoms with van der Waals surface area (Å²) in [5.74, 6) is -1.52. The first kappa shape index (κ1) is 14.2. The van der Waals surface area contributed by atoms with Crippen molar-refractivity contribution in [1.29, 1.82) is 0 Å². The molecular formula is C14H9NO6. The molecule has 0 aliphatic rings. The number of aldehydes is 1. The molecule has 2 rings (SSSR count). The molecule has 0 radical (unpaired) electrons. The van der Waals surface area contributed by atoms with Crippen molar-refractivity contribution < 1.29 is 24.7 Å². The fourth-order valence-electron chi connectivity index (χ4n) is 1.84. The summed E-state index contributed by atoms with van der Waals surface area (Å²) in [4.78, 5) is 32.0. The largest absolute Gasteiger partial charge is 0.507 e. The van der Waals surface area contributed by atoms with Crippen LogP contribution in [-0.2, 0) is 0 Å². The van der Waals surface area contributed by atoms with Crippen molar-refractivity contribution in [2.45, 2.75) is 0 Å². The molecule has 0 aromatic heterocycles. The van der Waals surface area contributed by atoms with E-state index in [2.05, 4.69) is 0 Å². The normalized spacial score (nSPS) is 10.1. The number of nitro benzene ring substituents is 1. The number of nitro groups is 1. The maximum absolute atomic E-state index is 11.0. The molecule has 0 saturated carbocycles. The molecule has 7 heteroatoms. The number of rotatable bonds is 4. The van der Waals surface area contributed by atoms with E-state index < -0.39 is 10.9 Å². The average molecular weight is 287 g/mol. The zero-order valence-corrected chi connectivity index (χ0v) is 10.5. The van der Waals surface area contributed by atoms with Crippen LogP contribution in [0.2, 0.25) is 0 Å². The number of hydrogen-bond donors (Lipinski definition) is 2. The second-order valence-electron chi connectivity index (χ2n) is 4.22. The molecule has 2 aromatic carbocycles. The lowest BCUT2D eigenvalue weighted by Gasteiger charge is -2.06. The number of carbonyl (C=O) groups excluding carboxylic acids is 1. The topological polar surface area (TPSA) is 118 Å². The van der Waals surface area contributed by atoms with E-state index in [0.717, 1.165) is 6.07 Å². The van der Waals surface area contributed by atoms with Crippen LogP contribution in [0.15, 0.2) is 36.4 Å². The van der Waals surface area contributed by atoms with Crippen molar-refractivity contribution in [3.05, 3.63) is 57.6 Å². The minimum absolute atomic E-state index is 0.0101. The Hall–Kier alpha value is -3.22. The van der Waals surface area contributed by atoms with Gasteiger partial charge in [0.2, 0.25) is 0 Å². The van der Waals surface area contributed by atoms with E-state index >= 15 is 0 Å². The first-order valence-electron chi connectivity index (χ1n) is 5.73. The molecule has 0 fully saturated rings. The van der Waals surface area contributed by atoms with Gasteiger partial charge < -0.3 is 10.2 Å². The van der Waals surface area contributed by atoms with Gasteiger partial charge in [-0.05, 0) is 29.3 Å². The van der Waals surface area contributed by atoms with Crippen LogP contribution in [0.5, 0.6) is 5.75 Å². The maximum Gasteiger partial charge on any atom is 0.335 e. The number of aromatic hydroxyl groups is 1. The van der Waals surface area contributed by atoms with Crippen molar-refractivity contribution in [3.63, 3.8) is 0 Å². The number of hydrogen-bond acceptors (Lipinski definition) is 5. The number of carboxylic acid groups (broad SMARTS) is 1. The van der Waals surface area contributed by atoms with Gasteiger partial charge in [-0.15, -0.1) is 0 Å². The van der Waals surface area contributed by atoms with Gasteiger partial charge in [0.05, 0.1) is 16.1 Å². The second kappa shape index (κ2) is 5.41. The molecule has 0 spiro atoms. The Balaban J connectivity index is 2.65. The van der Waals surface area contributed by atoms with Crippen LogP contribution in [0.1, 0.15) is 20.7 Å². The van der Waals surface area contributed by atoms with E-state index in [1.807, 2.05) is 0 Å². The van der Waals surface area contributed by atoms with Gasteiger partial charge in [-0.25, -0.2) is 4.79 Å². The Morgan fingerprint density at radius 2 is 1.86 bits per heavy atom. The number of carbonyl (C=O) groups is 2. The molecule has 0 aliphatic heterocycles. The summed E-state index contributed by atoms with van der Waals surface area (Å²) in [5.41, 5.74) is 0.0623. The summed E-state index contributed by atoms with van der Waals surface area (Å²) in [6.07, 6.45) is 0.439. The number of carboxylic acids is 1. The second-order valence-corrected chi connectivity index (χ2v) is 4.22. The molecule has 0 unspecified atom stereocenters. The van der Waals surface area contributed by atoms with Gasteiger partial charge in [-0.2, -0.15) is 0 Å². The lowest BCUT2D eigenvalue weighted by atomic mass is 10.00. The zero-order chi connectivity index (χ0) is 15.6. The highest BCUT2D eigenvalue weighted by molar-refractivity contribution is 5.91. The summed E-state index contributed by atoms with van der Waals surface area (Å²) in [5, 5.41) is 29.3. The fourth-order valence-corrected chi connectivity index (χ4v) is 1.84. The predicted molar refractivity (Wildman–Crippen MR) is 72.5 cm³/mol. The monoisotopic (exact) mass is 287 g/mol. The van der Waals surface area contributed by atoms with E-state index in [4.69, 9.17) is 5.11 Å². The molecule has 2 aromatic rings. The fraction of sp³-hybridized carbons (Fsp3) is 0. The van der Waals surface area contributed by atoms with E-state index in [9.17, 15) is 24.8 Å². The molecule has 7 nitrogen and oxygen atoms in total. The minimum atomic E-state index is -1.30. The molecule has 0 saturated heterocycles. The highest BCUT2D eigenvalue weighted by Crippen LogP contribution is 2.29. The third-order valence-electron chi connectivity index (χ3n) is 2.86. The van der Waals surface area contributed by atoms with Gasteiger partial charge >= 0.3 is 5.97 Å². The van der Waals surface area contributed by atoms with Gasteiger partial charge in [-0.1, -0.05) is 6.07 Å². The standard InChI is InChI=1S/C14H9NO6/c16-7-11-3-8(1-2-13(11)17)9-4-10(14(18)19)6-12(5-9)15(20)21/h1-7,17H,(H,18,19). The molecule has 0 heterocycles. The number of nitrogens with zero attached hydrogens (tertiary/aromatic N) is 1. The first-order chi connectivity index (χ1) is 9.92. The van der Waals surface area contributed by atoms with Gasteiger partial charge in [-0.3, -0.25) is 14.9 Å². The van der Waals surface area contributed by atoms with E-state index in [1.54, 1.807) is 0 Å².